The van der Waals surface area contributed by atoms with Crippen LogP contribution in [0.4, 0.5) is 5.13 Å². The predicted molar refractivity (Wildman–Crippen MR) is 65.4 cm³/mol. The molecule has 1 N–H and O–H groups in total. The van der Waals surface area contributed by atoms with Crippen LogP contribution in [0.25, 0.3) is 0 Å². The first-order valence-corrected chi connectivity index (χ1v) is 6.89. The topological polar surface area (TPSA) is 59.1 Å². The summed E-state index contributed by atoms with van der Waals surface area (Å²) in [6.45, 7) is 0. The molecule has 0 atom stereocenters. The number of amides is 1. The minimum Gasteiger partial charge on any atom is -0.302 e. The first-order valence-electron chi connectivity index (χ1n) is 6.08. The van der Waals surface area contributed by atoms with E-state index in [1.165, 1.54) is 11.3 Å². The van der Waals surface area contributed by atoms with Gasteiger partial charge < -0.3 is 5.32 Å². The molecule has 1 heterocycles. The minimum absolute atomic E-state index is 0.0646. The number of ketones is 1. The second kappa shape index (κ2) is 4.22. The highest BCUT2D eigenvalue weighted by molar-refractivity contribution is 7.17. The van der Waals surface area contributed by atoms with Crippen molar-refractivity contribution in [2.75, 3.05) is 5.32 Å². The van der Waals surface area contributed by atoms with Gasteiger partial charge in [-0.1, -0.05) is 17.8 Å². The number of rotatable bonds is 2. The van der Waals surface area contributed by atoms with Crippen LogP contribution in [0.1, 0.15) is 47.5 Å². The Morgan fingerprint density at radius 3 is 2.76 bits per heavy atom. The van der Waals surface area contributed by atoms with Crippen molar-refractivity contribution in [1.29, 1.82) is 0 Å². The number of hydrogen-bond acceptors (Lipinski definition) is 4. The molecule has 2 aliphatic carbocycles. The van der Waals surface area contributed by atoms with E-state index < -0.39 is 0 Å². The Morgan fingerprint density at radius 2 is 2.12 bits per heavy atom. The normalized spacial score (nSPS) is 19.6. The maximum atomic E-state index is 11.8. The van der Waals surface area contributed by atoms with Gasteiger partial charge in [-0.05, 0) is 25.7 Å². The molecule has 0 unspecified atom stereocenters. The first kappa shape index (κ1) is 10.9. The molecule has 1 fully saturated rings. The highest BCUT2D eigenvalue weighted by Crippen LogP contribution is 2.32. The molecule has 0 saturated heterocycles. The van der Waals surface area contributed by atoms with Crippen molar-refractivity contribution in [3.05, 3.63) is 10.6 Å². The number of aryl methyl sites for hydroxylation is 1. The van der Waals surface area contributed by atoms with E-state index in [1.54, 1.807) is 0 Å². The predicted octanol–water partition coefficient (Wildman–Crippen LogP) is 2.40. The van der Waals surface area contributed by atoms with E-state index in [4.69, 9.17) is 0 Å². The van der Waals surface area contributed by atoms with Crippen LogP contribution in [-0.4, -0.2) is 16.7 Å². The van der Waals surface area contributed by atoms with Gasteiger partial charge in [0.05, 0.1) is 10.6 Å². The summed E-state index contributed by atoms with van der Waals surface area (Å²) in [5.74, 6) is 0.398. The van der Waals surface area contributed by atoms with E-state index in [0.717, 1.165) is 42.7 Å². The molecule has 2 aliphatic rings. The zero-order valence-electron chi connectivity index (χ0n) is 9.49. The van der Waals surface area contributed by atoms with E-state index in [-0.39, 0.29) is 17.6 Å². The quantitative estimate of drug-likeness (QED) is 0.876. The summed E-state index contributed by atoms with van der Waals surface area (Å²) < 4.78 is 0. The van der Waals surface area contributed by atoms with E-state index in [0.29, 0.717) is 11.6 Å². The van der Waals surface area contributed by atoms with Gasteiger partial charge in [-0.3, -0.25) is 9.59 Å². The Kier molecular flexibility index (Phi) is 2.70. The lowest BCUT2D eigenvalue weighted by Gasteiger charge is -2.23. The fourth-order valence-electron chi connectivity index (χ4n) is 2.20. The second-order valence-corrected chi connectivity index (χ2v) is 5.69. The van der Waals surface area contributed by atoms with Gasteiger partial charge in [-0.25, -0.2) is 4.98 Å². The van der Waals surface area contributed by atoms with Crippen molar-refractivity contribution in [3.63, 3.8) is 0 Å². The highest BCUT2D eigenvalue weighted by Gasteiger charge is 2.27. The third-order valence-electron chi connectivity index (χ3n) is 3.47. The molecule has 0 aliphatic heterocycles. The third kappa shape index (κ3) is 1.99. The molecule has 3 rings (SSSR count). The van der Waals surface area contributed by atoms with Crippen LogP contribution in [0.15, 0.2) is 0 Å². The lowest BCUT2D eigenvalue weighted by molar-refractivity contribution is -0.122. The van der Waals surface area contributed by atoms with Crippen LogP contribution >= 0.6 is 11.3 Å². The summed E-state index contributed by atoms with van der Waals surface area (Å²) in [6, 6.07) is 0. The standard InChI is InChI=1S/C12H14N2O2S/c15-9-6-2-5-8-10(9)17-12(13-8)14-11(16)7-3-1-4-7/h7H,1-6H2,(H,13,14,16). The van der Waals surface area contributed by atoms with E-state index in [1.807, 2.05) is 0 Å². The van der Waals surface area contributed by atoms with Crippen molar-refractivity contribution in [2.45, 2.75) is 38.5 Å². The zero-order valence-corrected chi connectivity index (χ0v) is 10.3. The molecule has 1 amide bonds. The van der Waals surface area contributed by atoms with Crippen LogP contribution in [0.3, 0.4) is 0 Å². The molecule has 17 heavy (non-hydrogen) atoms. The SMILES string of the molecule is O=C1CCCc2nc(NC(=O)C3CCC3)sc21. The van der Waals surface area contributed by atoms with Crippen molar-refractivity contribution >= 4 is 28.2 Å². The van der Waals surface area contributed by atoms with Crippen molar-refractivity contribution < 1.29 is 9.59 Å². The molecule has 90 valence electrons. The Balaban J connectivity index is 1.75. The summed E-state index contributed by atoms with van der Waals surface area (Å²) in [5.41, 5.74) is 0.871. The van der Waals surface area contributed by atoms with Gasteiger partial charge >= 0.3 is 0 Å². The number of nitrogens with zero attached hydrogens (tertiary/aromatic N) is 1. The maximum absolute atomic E-state index is 11.8. The summed E-state index contributed by atoms with van der Waals surface area (Å²) in [4.78, 5) is 28.5. The molecular weight excluding hydrogens is 236 g/mol. The fraction of sp³-hybridized carbons (Fsp3) is 0.583. The maximum Gasteiger partial charge on any atom is 0.229 e. The number of thiazole rings is 1. The molecule has 0 radical (unpaired) electrons. The average Bonchev–Trinajstić information content (AvgIpc) is 2.58. The Bertz CT molecular complexity index is 477. The van der Waals surface area contributed by atoms with Crippen LogP contribution in [-0.2, 0) is 11.2 Å². The van der Waals surface area contributed by atoms with Crippen LogP contribution < -0.4 is 5.32 Å². The van der Waals surface area contributed by atoms with E-state index >= 15 is 0 Å². The first-order chi connectivity index (χ1) is 8.24. The largest absolute Gasteiger partial charge is 0.302 e. The van der Waals surface area contributed by atoms with Crippen LogP contribution in [0.2, 0.25) is 0 Å². The van der Waals surface area contributed by atoms with Gasteiger partial charge in [-0.15, -0.1) is 0 Å². The average molecular weight is 250 g/mol. The number of Topliss-reactive ketones (excluding diaryl/α,β-unsaturated/α-hetero) is 1. The molecule has 0 spiro atoms. The second-order valence-electron chi connectivity index (χ2n) is 4.69. The Morgan fingerprint density at radius 1 is 1.29 bits per heavy atom. The monoisotopic (exact) mass is 250 g/mol. The van der Waals surface area contributed by atoms with Gasteiger partial charge in [0.15, 0.2) is 10.9 Å². The number of carbonyl (C=O) groups excluding carboxylic acids is 2. The number of fused-ring (bicyclic) bond motifs is 1. The molecule has 0 aromatic carbocycles. The van der Waals surface area contributed by atoms with E-state index in [2.05, 4.69) is 10.3 Å². The van der Waals surface area contributed by atoms with Gasteiger partial charge in [0.25, 0.3) is 0 Å². The number of aromatic nitrogens is 1. The lowest BCUT2D eigenvalue weighted by atomic mass is 9.85. The summed E-state index contributed by atoms with van der Waals surface area (Å²) in [6.07, 6.45) is 5.46. The highest BCUT2D eigenvalue weighted by atomic mass is 32.1. The Hall–Kier alpha value is -1.23. The molecule has 1 saturated carbocycles. The summed E-state index contributed by atoms with van der Waals surface area (Å²) in [5, 5.41) is 3.44. The molecule has 5 heteroatoms. The summed E-state index contributed by atoms with van der Waals surface area (Å²) >= 11 is 1.33. The number of nitrogens with one attached hydrogen (secondary N) is 1. The summed E-state index contributed by atoms with van der Waals surface area (Å²) in [7, 11) is 0. The minimum atomic E-state index is 0.0646. The molecular formula is C12H14N2O2S. The van der Waals surface area contributed by atoms with Gasteiger partial charge in [0.2, 0.25) is 5.91 Å². The molecule has 0 bridgehead atoms. The third-order valence-corrected chi connectivity index (χ3v) is 4.53. The van der Waals surface area contributed by atoms with Crippen molar-refractivity contribution in [3.8, 4) is 0 Å². The smallest absolute Gasteiger partial charge is 0.229 e. The molecule has 1 aromatic heterocycles. The van der Waals surface area contributed by atoms with E-state index in [9.17, 15) is 9.59 Å². The molecule has 4 nitrogen and oxygen atoms in total. The van der Waals surface area contributed by atoms with Gasteiger partial charge in [0, 0.05) is 12.3 Å². The fourth-order valence-corrected chi connectivity index (χ4v) is 3.18. The van der Waals surface area contributed by atoms with Crippen LogP contribution in [0, 0.1) is 5.92 Å². The number of anilines is 1. The zero-order chi connectivity index (χ0) is 11.8. The molecule has 1 aromatic rings. The Labute approximate surface area is 103 Å². The lowest BCUT2D eigenvalue weighted by Crippen LogP contribution is -2.27. The van der Waals surface area contributed by atoms with Crippen molar-refractivity contribution in [2.24, 2.45) is 5.92 Å². The van der Waals surface area contributed by atoms with Crippen LogP contribution in [0.5, 0.6) is 0 Å². The van der Waals surface area contributed by atoms with Gasteiger partial charge in [-0.2, -0.15) is 0 Å². The number of carbonyl (C=O) groups is 2. The van der Waals surface area contributed by atoms with Gasteiger partial charge in [0.1, 0.15) is 0 Å². The van der Waals surface area contributed by atoms with Crippen molar-refractivity contribution in [1.82, 2.24) is 4.98 Å². The number of hydrogen-bond donors (Lipinski definition) is 1.